The minimum Gasteiger partial charge on any atom is -0.495 e. The SMILES string of the molecule is COc1cnc2oc3nc(-c4ccc(F)cn4)cn3c2c1. The van der Waals surface area contributed by atoms with Crippen molar-refractivity contribution in [2.24, 2.45) is 0 Å². The van der Waals surface area contributed by atoms with Crippen LogP contribution in [0.15, 0.2) is 41.2 Å². The second kappa shape index (κ2) is 4.27. The largest absolute Gasteiger partial charge is 0.495 e. The number of methoxy groups -OCH3 is 1. The average Bonchev–Trinajstić information content (AvgIpc) is 3.05. The summed E-state index contributed by atoms with van der Waals surface area (Å²) in [7, 11) is 1.57. The average molecular weight is 284 g/mol. The van der Waals surface area contributed by atoms with Gasteiger partial charge in [0.2, 0.25) is 5.71 Å². The molecule has 4 aromatic heterocycles. The van der Waals surface area contributed by atoms with Gasteiger partial charge in [-0.2, -0.15) is 4.98 Å². The highest BCUT2D eigenvalue weighted by atomic mass is 19.1. The van der Waals surface area contributed by atoms with Gasteiger partial charge in [-0.3, -0.25) is 9.38 Å². The van der Waals surface area contributed by atoms with Crippen molar-refractivity contribution in [3.63, 3.8) is 0 Å². The number of rotatable bonds is 2. The van der Waals surface area contributed by atoms with E-state index in [4.69, 9.17) is 9.15 Å². The van der Waals surface area contributed by atoms with Gasteiger partial charge in [-0.15, -0.1) is 0 Å². The standard InChI is InChI=1S/C14H9FN4O2/c1-20-9-4-12-13(17-6-9)21-14-18-11(7-19(12)14)10-3-2-8(15)5-16-10/h2-7H,1H3. The van der Waals surface area contributed by atoms with Crippen molar-refractivity contribution in [2.45, 2.75) is 0 Å². The summed E-state index contributed by atoms with van der Waals surface area (Å²) in [5, 5.41) is 0. The molecule has 104 valence electrons. The Labute approximate surface area is 117 Å². The first kappa shape index (κ1) is 11.8. The molecule has 0 aromatic carbocycles. The maximum absolute atomic E-state index is 12.9. The van der Waals surface area contributed by atoms with Crippen LogP contribution in [0, 0.1) is 5.82 Å². The highest BCUT2D eigenvalue weighted by Gasteiger charge is 2.14. The zero-order valence-corrected chi connectivity index (χ0v) is 10.9. The van der Waals surface area contributed by atoms with E-state index in [1.54, 1.807) is 30.0 Å². The summed E-state index contributed by atoms with van der Waals surface area (Å²) in [6.45, 7) is 0. The number of hydrogen-bond acceptors (Lipinski definition) is 5. The molecular formula is C14H9FN4O2. The van der Waals surface area contributed by atoms with Crippen LogP contribution < -0.4 is 4.74 Å². The first-order chi connectivity index (χ1) is 10.2. The Morgan fingerprint density at radius 3 is 2.86 bits per heavy atom. The molecule has 0 fully saturated rings. The number of halogens is 1. The smallest absolute Gasteiger partial charge is 0.308 e. The first-order valence-corrected chi connectivity index (χ1v) is 6.18. The Morgan fingerprint density at radius 2 is 2.10 bits per heavy atom. The molecule has 4 aromatic rings. The molecule has 0 amide bonds. The van der Waals surface area contributed by atoms with Gasteiger partial charge in [-0.25, -0.2) is 9.37 Å². The Balaban J connectivity index is 1.91. The number of oxazole rings is 1. The van der Waals surface area contributed by atoms with Crippen LogP contribution in [0.2, 0.25) is 0 Å². The molecule has 0 saturated heterocycles. The van der Waals surface area contributed by atoms with Gasteiger partial charge in [0, 0.05) is 12.3 Å². The zero-order valence-electron chi connectivity index (χ0n) is 10.9. The Morgan fingerprint density at radius 1 is 1.19 bits per heavy atom. The number of fused-ring (bicyclic) bond motifs is 3. The van der Waals surface area contributed by atoms with Gasteiger partial charge in [0.1, 0.15) is 22.8 Å². The van der Waals surface area contributed by atoms with Gasteiger partial charge in [0.15, 0.2) is 0 Å². The molecule has 0 bridgehead atoms. The molecule has 0 spiro atoms. The third-order valence-electron chi connectivity index (χ3n) is 3.15. The molecule has 0 N–H and O–H groups in total. The molecule has 4 heterocycles. The van der Waals surface area contributed by atoms with E-state index in [0.29, 0.717) is 28.7 Å². The van der Waals surface area contributed by atoms with Crippen LogP contribution in [0.1, 0.15) is 0 Å². The summed E-state index contributed by atoms with van der Waals surface area (Å²) in [6.07, 6.45) is 4.50. The van der Waals surface area contributed by atoms with Gasteiger partial charge in [-0.05, 0) is 12.1 Å². The first-order valence-electron chi connectivity index (χ1n) is 6.18. The van der Waals surface area contributed by atoms with Gasteiger partial charge in [0.25, 0.3) is 0 Å². The molecule has 21 heavy (non-hydrogen) atoms. The van der Waals surface area contributed by atoms with Crippen molar-refractivity contribution < 1.29 is 13.5 Å². The molecule has 0 aliphatic carbocycles. The van der Waals surface area contributed by atoms with Crippen LogP contribution in [0.25, 0.3) is 28.5 Å². The molecule has 7 heteroatoms. The number of aromatic nitrogens is 4. The van der Waals surface area contributed by atoms with Gasteiger partial charge in [-0.1, -0.05) is 0 Å². The highest BCUT2D eigenvalue weighted by Crippen LogP contribution is 2.25. The van der Waals surface area contributed by atoms with E-state index in [0.717, 1.165) is 11.7 Å². The molecule has 0 radical (unpaired) electrons. The predicted molar refractivity (Wildman–Crippen MR) is 72.5 cm³/mol. The van der Waals surface area contributed by atoms with Crippen LogP contribution >= 0.6 is 0 Å². The van der Waals surface area contributed by atoms with Gasteiger partial charge < -0.3 is 9.15 Å². The number of ether oxygens (including phenoxy) is 1. The summed E-state index contributed by atoms with van der Waals surface area (Å²) in [6, 6.07) is 4.71. The lowest BCUT2D eigenvalue weighted by molar-refractivity contribution is 0.413. The molecule has 6 nitrogen and oxygen atoms in total. The summed E-state index contributed by atoms with van der Waals surface area (Å²) >= 11 is 0. The van der Waals surface area contributed by atoms with Crippen molar-refractivity contribution in [3.05, 3.63) is 42.6 Å². The van der Waals surface area contributed by atoms with Crippen molar-refractivity contribution in [1.82, 2.24) is 19.4 Å². The van der Waals surface area contributed by atoms with E-state index in [9.17, 15) is 4.39 Å². The third kappa shape index (κ3) is 1.82. The Hall–Kier alpha value is -2.96. The highest BCUT2D eigenvalue weighted by molar-refractivity contribution is 5.75. The quantitative estimate of drug-likeness (QED) is 0.566. The van der Waals surface area contributed by atoms with Crippen LogP contribution in [0.3, 0.4) is 0 Å². The Bertz CT molecular complexity index is 943. The molecule has 0 atom stereocenters. The van der Waals surface area contributed by atoms with Crippen molar-refractivity contribution in [3.8, 4) is 17.1 Å². The molecule has 0 saturated carbocycles. The molecule has 4 rings (SSSR count). The van der Waals surface area contributed by atoms with E-state index in [-0.39, 0.29) is 5.82 Å². The minimum atomic E-state index is -0.388. The van der Waals surface area contributed by atoms with Crippen LogP contribution in [0.4, 0.5) is 4.39 Å². The predicted octanol–water partition coefficient (Wildman–Crippen LogP) is 2.69. The minimum absolute atomic E-state index is 0.388. The summed E-state index contributed by atoms with van der Waals surface area (Å²) in [5.74, 6) is 0.633. The van der Waals surface area contributed by atoms with E-state index in [1.165, 1.54) is 6.07 Å². The maximum Gasteiger partial charge on any atom is 0.308 e. The maximum atomic E-state index is 12.9. The van der Waals surface area contributed by atoms with Crippen LogP contribution in [-0.4, -0.2) is 26.5 Å². The number of nitrogens with zero attached hydrogens (tertiary/aromatic N) is 4. The van der Waals surface area contributed by atoms with Gasteiger partial charge in [0.05, 0.1) is 25.2 Å². The van der Waals surface area contributed by atoms with E-state index >= 15 is 0 Å². The molecule has 0 unspecified atom stereocenters. The van der Waals surface area contributed by atoms with Crippen molar-refractivity contribution in [2.75, 3.05) is 7.11 Å². The van der Waals surface area contributed by atoms with E-state index in [2.05, 4.69) is 15.0 Å². The second-order valence-electron chi connectivity index (χ2n) is 4.44. The summed E-state index contributed by atoms with van der Waals surface area (Å²) in [5.41, 5.74) is 2.37. The Kier molecular flexibility index (Phi) is 2.41. The lowest BCUT2D eigenvalue weighted by Crippen LogP contribution is -1.86. The normalized spacial score (nSPS) is 11.3. The summed E-state index contributed by atoms with van der Waals surface area (Å²) in [4.78, 5) is 12.5. The molecule has 0 aliphatic rings. The monoisotopic (exact) mass is 284 g/mol. The topological polar surface area (TPSA) is 65.5 Å². The van der Waals surface area contributed by atoms with Crippen molar-refractivity contribution in [1.29, 1.82) is 0 Å². The second-order valence-corrected chi connectivity index (χ2v) is 4.44. The van der Waals surface area contributed by atoms with E-state index in [1.807, 2.05) is 6.07 Å². The van der Waals surface area contributed by atoms with Gasteiger partial charge >= 0.3 is 5.84 Å². The van der Waals surface area contributed by atoms with E-state index < -0.39 is 0 Å². The lowest BCUT2D eigenvalue weighted by atomic mass is 10.3. The fourth-order valence-electron chi connectivity index (χ4n) is 2.13. The number of pyridine rings is 2. The third-order valence-corrected chi connectivity index (χ3v) is 3.15. The van der Waals surface area contributed by atoms with Crippen molar-refractivity contribution >= 4 is 17.1 Å². The molecular weight excluding hydrogens is 275 g/mol. The van der Waals surface area contributed by atoms with Crippen LogP contribution in [0.5, 0.6) is 5.75 Å². The molecule has 0 aliphatic heterocycles. The fraction of sp³-hybridized carbons (Fsp3) is 0.0714. The van der Waals surface area contributed by atoms with Crippen LogP contribution in [-0.2, 0) is 0 Å². The summed E-state index contributed by atoms with van der Waals surface area (Å²) < 4.78 is 25.4. The zero-order chi connectivity index (χ0) is 14.4. The number of imidazole rings is 1. The fourth-order valence-corrected chi connectivity index (χ4v) is 2.13. The number of hydrogen-bond donors (Lipinski definition) is 0. The lowest BCUT2D eigenvalue weighted by Gasteiger charge is -1.97.